The lowest BCUT2D eigenvalue weighted by Gasteiger charge is -2.11. The van der Waals surface area contributed by atoms with Crippen LogP contribution in [0.25, 0.3) is 22.3 Å². The fourth-order valence-electron chi connectivity index (χ4n) is 8.78. The number of phenolic OH excluding ortho intramolecular Hbond substituents is 3. The number of fused-ring (bicyclic) bond motifs is 8. The molecule has 0 aliphatic carbocycles. The zero-order valence-electron chi connectivity index (χ0n) is 35.7. The quantitative estimate of drug-likeness (QED) is 0.0519. The van der Waals surface area contributed by atoms with Crippen LogP contribution in [0.15, 0.2) is 146 Å². The third-order valence-electron chi connectivity index (χ3n) is 12.0. The van der Waals surface area contributed by atoms with E-state index >= 15 is 0 Å². The molecule has 0 saturated carbocycles. The summed E-state index contributed by atoms with van der Waals surface area (Å²) < 4.78 is 6.25. The molecule has 0 atom stereocenters. The number of nitrogens with one attached hydrogen (secondary N) is 4. The lowest BCUT2D eigenvalue weighted by atomic mass is 10.0. The van der Waals surface area contributed by atoms with Crippen molar-refractivity contribution in [3.05, 3.63) is 212 Å². The van der Waals surface area contributed by atoms with Gasteiger partial charge in [-0.15, -0.1) is 0 Å². The van der Waals surface area contributed by atoms with Crippen molar-refractivity contribution >= 4 is 22.3 Å². The van der Waals surface area contributed by atoms with Crippen LogP contribution >= 0.6 is 0 Å². The molecular formula is C55H54N4O4. The Hall–Kier alpha value is -7.32. The first-order valence-electron chi connectivity index (χ1n) is 22.3. The van der Waals surface area contributed by atoms with Crippen molar-refractivity contribution < 1.29 is 20.1 Å². The highest BCUT2D eigenvalue weighted by molar-refractivity contribution is 5.85. The maximum atomic E-state index is 10.3. The van der Waals surface area contributed by atoms with Gasteiger partial charge in [0.15, 0.2) is 0 Å². The second kappa shape index (κ2) is 18.7. The molecule has 8 aromatic rings. The molecule has 0 fully saturated rings. The van der Waals surface area contributed by atoms with Crippen molar-refractivity contribution in [2.75, 3.05) is 6.61 Å². The molecule has 8 bridgehead atoms. The fourth-order valence-corrected chi connectivity index (χ4v) is 8.78. The van der Waals surface area contributed by atoms with Gasteiger partial charge in [0.2, 0.25) is 0 Å². The maximum absolute atomic E-state index is 10.3. The Morgan fingerprint density at radius 2 is 0.635 bits per heavy atom. The average molecular weight is 835 g/mol. The summed E-state index contributed by atoms with van der Waals surface area (Å²) in [6, 6.07) is 47.0. The van der Waals surface area contributed by atoms with Crippen LogP contribution in [-0.4, -0.2) is 41.9 Å². The highest BCUT2D eigenvalue weighted by atomic mass is 16.5. The van der Waals surface area contributed by atoms with Crippen molar-refractivity contribution in [3.63, 3.8) is 0 Å². The van der Waals surface area contributed by atoms with E-state index in [1.54, 1.807) is 36.4 Å². The van der Waals surface area contributed by atoms with Gasteiger partial charge in [0.25, 0.3) is 0 Å². The second-order valence-corrected chi connectivity index (χ2v) is 16.5. The molecule has 8 heteroatoms. The number of hydrogen-bond donors (Lipinski definition) is 7. The molecule has 9 rings (SSSR count). The van der Waals surface area contributed by atoms with Crippen LogP contribution in [-0.2, 0) is 0 Å². The van der Waals surface area contributed by atoms with E-state index in [1.165, 1.54) is 51.4 Å². The van der Waals surface area contributed by atoms with Crippen molar-refractivity contribution in [3.8, 4) is 23.0 Å². The van der Waals surface area contributed by atoms with Crippen LogP contribution in [0.1, 0.15) is 110 Å². The van der Waals surface area contributed by atoms with Crippen LogP contribution in [0.4, 0.5) is 0 Å². The topological polar surface area (TPSA) is 133 Å². The number of rotatable bonds is 15. The van der Waals surface area contributed by atoms with E-state index in [-0.39, 0.29) is 17.2 Å². The average Bonchev–Trinajstić information content (AvgIpc) is 4.15. The number of ether oxygens (including phenoxy) is 1. The molecule has 5 heterocycles. The third-order valence-corrected chi connectivity index (χ3v) is 12.0. The number of benzene rings is 4. The second-order valence-electron chi connectivity index (χ2n) is 16.5. The SMILES string of the molecule is CCCCCCCCCCCOc1ccc(C2=c3ccc([nH]3)=C(c3ccc(O)cc3)c3ccc([nH]3)C(c3ccc(O)cc3)=c3ccc([nH]3)=C(c3ccc(O)cc3)c3ccc2[nH]3)cc1. The van der Waals surface area contributed by atoms with Crippen LogP contribution in [0.2, 0.25) is 0 Å². The number of H-pyrrole nitrogens is 4. The molecule has 63 heavy (non-hydrogen) atoms. The van der Waals surface area contributed by atoms with Crippen LogP contribution < -0.4 is 26.1 Å². The number of hydrogen-bond acceptors (Lipinski definition) is 4. The van der Waals surface area contributed by atoms with Crippen LogP contribution in [0.3, 0.4) is 0 Å². The summed E-state index contributed by atoms with van der Waals surface area (Å²) in [5, 5.41) is 34.5. The normalized spacial score (nSPS) is 12.6. The number of aromatic amines is 4. The first-order chi connectivity index (χ1) is 30.9. The summed E-state index contributed by atoms with van der Waals surface area (Å²) in [5.41, 5.74) is 11.1. The summed E-state index contributed by atoms with van der Waals surface area (Å²) in [5.74, 6) is 1.43. The Labute approximate surface area is 367 Å². The van der Waals surface area contributed by atoms with Gasteiger partial charge >= 0.3 is 0 Å². The predicted octanol–water partition coefficient (Wildman–Crippen LogP) is 9.33. The number of phenols is 3. The first-order valence-corrected chi connectivity index (χ1v) is 22.3. The Balaban J connectivity index is 1.18. The standard InChI is InChI=1S/C55H54N4O4/c1-2-3-4-5-6-7-8-9-10-35-63-43-25-17-39(18-26-43)55-50-33-31-48(58-50)53(37-13-21-41(61)22-14-37)46-29-27-44(56-46)52(36-11-19-40(60)20-12-36)45-28-30-47(57-45)54(49-32-34-51(55)59-49)38-15-23-42(62)24-16-38/h11-34,56-62H,2-10,35H2,1H3. The van der Waals surface area contributed by atoms with Gasteiger partial charge < -0.3 is 40.0 Å². The first kappa shape index (κ1) is 41.1. The molecule has 1 aliphatic heterocycles. The fraction of sp³-hybridized carbons (Fsp3) is 0.200. The van der Waals surface area contributed by atoms with Gasteiger partial charge in [0.1, 0.15) is 23.0 Å². The Morgan fingerprint density at radius 3 is 0.968 bits per heavy atom. The summed E-state index contributed by atoms with van der Waals surface area (Å²) in [7, 11) is 0. The van der Waals surface area contributed by atoms with Crippen LogP contribution in [0.5, 0.6) is 23.0 Å². The van der Waals surface area contributed by atoms with Crippen molar-refractivity contribution in [1.82, 2.24) is 19.9 Å². The van der Waals surface area contributed by atoms with Gasteiger partial charge in [0, 0.05) is 66.5 Å². The highest BCUT2D eigenvalue weighted by Crippen LogP contribution is 2.30. The zero-order valence-corrected chi connectivity index (χ0v) is 35.7. The summed E-state index contributed by atoms with van der Waals surface area (Å²) >= 11 is 0. The Kier molecular flexibility index (Phi) is 12.2. The largest absolute Gasteiger partial charge is 0.508 e. The van der Waals surface area contributed by atoms with E-state index < -0.39 is 0 Å². The Morgan fingerprint density at radius 1 is 0.333 bits per heavy atom. The lowest BCUT2D eigenvalue weighted by Crippen LogP contribution is -2.19. The molecule has 0 radical (unpaired) electrons. The molecule has 8 nitrogen and oxygen atoms in total. The number of aromatic nitrogens is 4. The van der Waals surface area contributed by atoms with Gasteiger partial charge in [-0.3, -0.25) is 0 Å². The lowest BCUT2D eigenvalue weighted by molar-refractivity contribution is 0.304. The van der Waals surface area contributed by atoms with E-state index in [9.17, 15) is 15.3 Å². The minimum atomic E-state index is 0.188. The zero-order chi connectivity index (χ0) is 43.1. The number of aromatic hydroxyl groups is 3. The molecule has 0 amide bonds. The minimum Gasteiger partial charge on any atom is -0.508 e. The smallest absolute Gasteiger partial charge is 0.119 e. The predicted molar refractivity (Wildman–Crippen MR) is 252 cm³/mol. The van der Waals surface area contributed by atoms with E-state index in [0.29, 0.717) is 6.61 Å². The Bertz CT molecular complexity index is 3060. The summed E-state index contributed by atoms with van der Waals surface area (Å²) in [6.07, 6.45) is 11.5. The van der Waals surface area contributed by atoms with E-state index in [0.717, 1.165) is 101 Å². The van der Waals surface area contributed by atoms with Gasteiger partial charge in [-0.1, -0.05) is 107 Å². The van der Waals surface area contributed by atoms with Crippen LogP contribution in [0, 0.1) is 0 Å². The van der Waals surface area contributed by atoms with Gasteiger partial charge in [-0.2, -0.15) is 0 Å². The molecule has 0 unspecified atom stereocenters. The van der Waals surface area contributed by atoms with Crippen molar-refractivity contribution in [2.45, 2.75) is 64.7 Å². The summed E-state index contributed by atoms with van der Waals surface area (Å²) in [6.45, 7) is 2.96. The third kappa shape index (κ3) is 9.16. The molecule has 0 saturated heterocycles. The van der Waals surface area contributed by atoms with E-state index in [2.05, 4.69) is 99.7 Å². The molecule has 1 aliphatic rings. The minimum absolute atomic E-state index is 0.188. The van der Waals surface area contributed by atoms with Gasteiger partial charge in [-0.25, -0.2) is 0 Å². The monoisotopic (exact) mass is 834 g/mol. The highest BCUT2D eigenvalue weighted by Gasteiger charge is 2.19. The summed E-state index contributed by atoms with van der Waals surface area (Å²) in [4.78, 5) is 15.1. The van der Waals surface area contributed by atoms with Gasteiger partial charge in [-0.05, 0) is 126 Å². The van der Waals surface area contributed by atoms with E-state index in [4.69, 9.17) is 4.74 Å². The molecular weight excluding hydrogens is 781 g/mol. The van der Waals surface area contributed by atoms with Crippen molar-refractivity contribution in [2.24, 2.45) is 0 Å². The van der Waals surface area contributed by atoms with Crippen molar-refractivity contribution in [1.29, 1.82) is 0 Å². The molecule has 4 aromatic heterocycles. The number of unbranched alkanes of at least 4 members (excludes halogenated alkanes) is 8. The molecule has 0 spiro atoms. The van der Waals surface area contributed by atoms with Gasteiger partial charge in [0.05, 0.1) is 6.61 Å². The molecule has 7 N–H and O–H groups in total. The molecule has 318 valence electrons. The maximum Gasteiger partial charge on any atom is 0.119 e. The molecule has 4 aromatic carbocycles. The van der Waals surface area contributed by atoms with E-state index in [1.807, 2.05) is 36.4 Å².